The molecule has 6 nitrogen and oxygen atoms in total. The zero-order chi connectivity index (χ0) is 13.6. The van der Waals surface area contributed by atoms with Crippen LogP contribution < -0.4 is 10.6 Å². The van der Waals surface area contributed by atoms with Gasteiger partial charge in [0.15, 0.2) is 13.2 Å². The molecule has 0 aromatic heterocycles. The van der Waals surface area contributed by atoms with Gasteiger partial charge in [-0.05, 0) is 12.8 Å². The van der Waals surface area contributed by atoms with Gasteiger partial charge >= 0.3 is 12.2 Å². The Bertz CT molecular complexity index is 279. The lowest BCUT2D eigenvalue weighted by Crippen LogP contribution is -2.25. The second-order valence-corrected chi connectivity index (χ2v) is 3.36. The first-order valence-electron chi connectivity index (χ1n) is 5.97. The van der Waals surface area contributed by atoms with E-state index in [-0.39, 0.29) is 13.2 Å². The molecule has 0 rings (SSSR count). The van der Waals surface area contributed by atoms with E-state index in [1.807, 2.05) is 13.8 Å². The molecule has 0 saturated carbocycles. The first-order chi connectivity index (χ1) is 8.70. The molecule has 0 aromatic carbocycles. The van der Waals surface area contributed by atoms with Gasteiger partial charge in [-0.25, -0.2) is 9.59 Å². The molecule has 0 aliphatic carbocycles. The molecule has 0 radical (unpaired) electrons. The van der Waals surface area contributed by atoms with Crippen molar-refractivity contribution < 1.29 is 19.1 Å². The highest BCUT2D eigenvalue weighted by Gasteiger charge is 1.98. The highest BCUT2D eigenvalue weighted by Crippen LogP contribution is 1.80. The molecule has 2 N–H and O–H groups in total. The summed E-state index contributed by atoms with van der Waals surface area (Å²) in [6.07, 6.45) is 0.712. The van der Waals surface area contributed by atoms with E-state index in [0.717, 1.165) is 12.8 Å². The Kier molecular flexibility index (Phi) is 10.4. The number of carbonyl (C=O) groups is 2. The van der Waals surface area contributed by atoms with Crippen LogP contribution in [0.5, 0.6) is 0 Å². The molecule has 0 unspecified atom stereocenters. The Labute approximate surface area is 107 Å². The van der Waals surface area contributed by atoms with Crippen molar-refractivity contribution >= 4 is 12.2 Å². The lowest BCUT2D eigenvalue weighted by atomic mass is 10.5. The van der Waals surface area contributed by atoms with Gasteiger partial charge in [-0.3, -0.25) is 0 Å². The third kappa shape index (κ3) is 10.6. The predicted molar refractivity (Wildman–Crippen MR) is 67.1 cm³/mol. The van der Waals surface area contributed by atoms with Gasteiger partial charge < -0.3 is 20.1 Å². The van der Waals surface area contributed by atoms with E-state index >= 15 is 0 Å². The summed E-state index contributed by atoms with van der Waals surface area (Å²) in [5.74, 6) is 5.13. The molecular formula is C12H20N2O4. The monoisotopic (exact) mass is 256 g/mol. The van der Waals surface area contributed by atoms with Crippen LogP contribution in [0.25, 0.3) is 0 Å². The predicted octanol–water partition coefficient (Wildman–Crippen LogP) is 1.26. The zero-order valence-electron chi connectivity index (χ0n) is 10.9. The summed E-state index contributed by atoms with van der Waals surface area (Å²) in [6.45, 7) is 5.01. The minimum atomic E-state index is -0.493. The van der Waals surface area contributed by atoms with Crippen molar-refractivity contribution in [3.63, 3.8) is 0 Å². The molecule has 18 heavy (non-hydrogen) atoms. The second-order valence-electron chi connectivity index (χ2n) is 3.36. The van der Waals surface area contributed by atoms with E-state index in [2.05, 4.69) is 22.5 Å². The fourth-order valence-corrected chi connectivity index (χ4v) is 0.862. The van der Waals surface area contributed by atoms with E-state index in [0.29, 0.717) is 13.1 Å². The summed E-state index contributed by atoms with van der Waals surface area (Å²) in [4.78, 5) is 21.9. The third-order valence-electron chi connectivity index (χ3n) is 1.71. The lowest BCUT2D eigenvalue weighted by molar-refractivity contribution is 0.157. The number of carbonyl (C=O) groups excluding carboxylic acids is 2. The Hall–Kier alpha value is -1.90. The SMILES string of the molecule is CCCNC(=O)OCC#CCOC(=O)NCCC. The van der Waals surface area contributed by atoms with Gasteiger partial charge in [-0.1, -0.05) is 25.7 Å². The normalized spacial score (nSPS) is 8.78. The Morgan fingerprint density at radius 1 is 0.889 bits per heavy atom. The summed E-state index contributed by atoms with van der Waals surface area (Å²) >= 11 is 0. The number of nitrogens with one attached hydrogen (secondary N) is 2. The highest BCUT2D eigenvalue weighted by atomic mass is 16.6. The molecule has 0 bridgehead atoms. The van der Waals surface area contributed by atoms with E-state index < -0.39 is 12.2 Å². The number of rotatable bonds is 6. The molecule has 102 valence electrons. The van der Waals surface area contributed by atoms with E-state index in [1.165, 1.54) is 0 Å². The first-order valence-corrected chi connectivity index (χ1v) is 5.97. The van der Waals surface area contributed by atoms with Crippen LogP contribution in [0, 0.1) is 11.8 Å². The van der Waals surface area contributed by atoms with Crippen LogP contribution in [0.1, 0.15) is 26.7 Å². The fourth-order valence-electron chi connectivity index (χ4n) is 0.862. The summed E-state index contributed by atoms with van der Waals surface area (Å²) < 4.78 is 9.47. The number of ether oxygens (including phenoxy) is 2. The minimum absolute atomic E-state index is 0.0184. The van der Waals surface area contributed by atoms with Crippen molar-refractivity contribution in [2.45, 2.75) is 26.7 Å². The fraction of sp³-hybridized carbons (Fsp3) is 0.667. The summed E-state index contributed by atoms with van der Waals surface area (Å²) in [5, 5.41) is 5.08. The molecule has 2 amide bonds. The van der Waals surface area contributed by atoms with Crippen molar-refractivity contribution in [3.05, 3.63) is 0 Å². The third-order valence-corrected chi connectivity index (χ3v) is 1.71. The molecule has 0 aliphatic heterocycles. The summed E-state index contributed by atoms with van der Waals surface area (Å²) in [6, 6.07) is 0. The van der Waals surface area contributed by atoms with Crippen LogP contribution in [0.2, 0.25) is 0 Å². The van der Waals surface area contributed by atoms with Gasteiger partial charge in [0.05, 0.1) is 0 Å². The van der Waals surface area contributed by atoms with Gasteiger partial charge in [0, 0.05) is 13.1 Å². The Morgan fingerprint density at radius 2 is 1.28 bits per heavy atom. The maximum Gasteiger partial charge on any atom is 0.408 e. The van der Waals surface area contributed by atoms with Gasteiger partial charge in [0.1, 0.15) is 0 Å². The first kappa shape index (κ1) is 16.1. The average molecular weight is 256 g/mol. The van der Waals surface area contributed by atoms with Crippen molar-refractivity contribution in [1.82, 2.24) is 10.6 Å². The van der Waals surface area contributed by atoms with Gasteiger partial charge in [0.25, 0.3) is 0 Å². The maximum absolute atomic E-state index is 11.0. The molecule has 6 heteroatoms. The zero-order valence-corrected chi connectivity index (χ0v) is 10.9. The topological polar surface area (TPSA) is 76.7 Å². The largest absolute Gasteiger partial charge is 0.436 e. The van der Waals surface area contributed by atoms with E-state index in [1.54, 1.807) is 0 Å². The lowest BCUT2D eigenvalue weighted by Gasteiger charge is -2.02. The minimum Gasteiger partial charge on any atom is -0.436 e. The van der Waals surface area contributed by atoms with Gasteiger partial charge in [-0.2, -0.15) is 0 Å². The van der Waals surface area contributed by atoms with Crippen molar-refractivity contribution in [1.29, 1.82) is 0 Å². The second kappa shape index (κ2) is 11.6. The van der Waals surface area contributed by atoms with Crippen LogP contribution in [0.3, 0.4) is 0 Å². The average Bonchev–Trinajstić information content (AvgIpc) is 2.37. The van der Waals surface area contributed by atoms with Gasteiger partial charge in [-0.15, -0.1) is 0 Å². The van der Waals surface area contributed by atoms with Crippen molar-refractivity contribution in [2.75, 3.05) is 26.3 Å². The quantitative estimate of drug-likeness (QED) is 0.701. The van der Waals surface area contributed by atoms with Crippen molar-refractivity contribution in [2.24, 2.45) is 0 Å². The van der Waals surface area contributed by atoms with E-state index in [9.17, 15) is 9.59 Å². The number of amides is 2. The molecule has 0 spiro atoms. The Balaban J connectivity index is 3.49. The number of alkyl carbamates (subject to hydrolysis) is 2. The molecule has 0 aliphatic rings. The molecule has 0 atom stereocenters. The molecule has 0 heterocycles. The molecule has 0 fully saturated rings. The van der Waals surface area contributed by atoms with Crippen LogP contribution in [0.4, 0.5) is 9.59 Å². The van der Waals surface area contributed by atoms with Crippen LogP contribution >= 0.6 is 0 Å². The highest BCUT2D eigenvalue weighted by molar-refractivity contribution is 5.67. The maximum atomic E-state index is 11.0. The number of hydrogen-bond donors (Lipinski definition) is 2. The van der Waals surface area contributed by atoms with Crippen LogP contribution in [-0.2, 0) is 9.47 Å². The summed E-state index contributed by atoms with van der Waals surface area (Å²) in [7, 11) is 0. The molecule has 0 saturated heterocycles. The van der Waals surface area contributed by atoms with Crippen LogP contribution in [0.15, 0.2) is 0 Å². The standard InChI is InChI=1S/C12H20N2O4/c1-3-7-13-11(15)17-9-5-6-10-18-12(16)14-8-4-2/h3-4,7-10H2,1-2H3,(H,13,15)(H,14,16). The Morgan fingerprint density at radius 3 is 1.61 bits per heavy atom. The molecule has 0 aromatic rings. The van der Waals surface area contributed by atoms with Crippen molar-refractivity contribution in [3.8, 4) is 11.8 Å². The van der Waals surface area contributed by atoms with E-state index in [4.69, 9.17) is 9.47 Å². The number of hydrogen-bond acceptors (Lipinski definition) is 4. The van der Waals surface area contributed by atoms with Gasteiger partial charge in [0.2, 0.25) is 0 Å². The smallest absolute Gasteiger partial charge is 0.408 e. The molecular weight excluding hydrogens is 236 g/mol. The summed E-state index contributed by atoms with van der Waals surface area (Å²) in [5.41, 5.74) is 0. The van der Waals surface area contributed by atoms with Crippen LogP contribution in [-0.4, -0.2) is 38.5 Å².